The standard InChI is InChI=1S/C16H20N2O5S/c1-17-16(20)14-9-18(12-4-2-3-5-13(12)23-14)15(19)8-11-6-7-24(21,22)10-11/h2-5,11,14H,6-10H2,1H3,(H,17,20)/t11-,14-/m1/s1. The lowest BCUT2D eigenvalue weighted by molar-refractivity contribution is -0.128. The summed E-state index contributed by atoms with van der Waals surface area (Å²) in [5.74, 6) is 0.0444. The number of nitrogens with zero attached hydrogens (tertiary/aromatic N) is 1. The summed E-state index contributed by atoms with van der Waals surface area (Å²) >= 11 is 0. The van der Waals surface area contributed by atoms with E-state index in [1.807, 2.05) is 0 Å². The Kier molecular flexibility index (Phi) is 4.49. The fourth-order valence-corrected chi connectivity index (χ4v) is 5.02. The van der Waals surface area contributed by atoms with Crippen molar-refractivity contribution in [3.05, 3.63) is 24.3 Å². The fraction of sp³-hybridized carbons (Fsp3) is 0.500. The number of carbonyl (C=O) groups is 2. The molecule has 2 atom stereocenters. The summed E-state index contributed by atoms with van der Waals surface area (Å²) in [5.41, 5.74) is 0.614. The lowest BCUT2D eigenvalue weighted by atomic mass is 10.0. The Morgan fingerprint density at radius 1 is 1.33 bits per heavy atom. The second kappa shape index (κ2) is 6.43. The zero-order valence-electron chi connectivity index (χ0n) is 13.4. The molecule has 1 aromatic carbocycles. The highest BCUT2D eigenvalue weighted by Gasteiger charge is 2.36. The van der Waals surface area contributed by atoms with Gasteiger partial charge < -0.3 is 15.0 Å². The van der Waals surface area contributed by atoms with Gasteiger partial charge in [-0.25, -0.2) is 8.42 Å². The summed E-state index contributed by atoms with van der Waals surface area (Å²) in [6, 6.07) is 7.05. The smallest absolute Gasteiger partial charge is 0.262 e. The third-order valence-electron chi connectivity index (χ3n) is 4.40. The molecule has 1 N–H and O–H groups in total. The van der Waals surface area contributed by atoms with Gasteiger partial charge in [-0.2, -0.15) is 0 Å². The van der Waals surface area contributed by atoms with Crippen molar-refractivity contribution in [2.75, 3.05) is 30.0 Å². The molecule has 0 unspecified atom stereocenters. The molecule has 0 aliphatic carbocycles. The molecule has 0 bridgehead atoms. The van der Waals surface area contributed by atoms with Crippen molar-refractivity contribution in [1.82, 2.24) is 5.32 Å². The van der Waals surface area contributed by atoms with Crippen molar-refractivity contribution in [2.45, 2.75) is 18.9 Å². The first-order valence-corrected chi connectivity index (χ1v) is 9.70. The maximum atomic E-state index is 12.7. The van der Waals surface area contributed by atoms with Crippen LogP contribution < -0.4 is 15.0 Å². The predicted octanol–water partition coefficient (Wildman–Crippen LogP) is 0.351. The van der Waals surface area contributed by atoms with E-state index in [1.54, 1.807) is 24.3 Å². The van der Waals surface area contributed by atoms with E-state index in [0.717, 1.165) is 0 Å². The Bertz CT molecular complexity index is 761. The van der Waals surface area contributed by atoms with E-state index in [2.05, 4.69) is 5.32 Å². The van der Waals surface area contributed by atoms with Crippen molar-refractivity contribution in [2.24, 2.45) is 5.92 Å². The number of carbonyl (C=O) groups excluding carboxylic acids is 2. The molecule has 130 valence electrons. The second-order valence-electron chi connectivity index (χ2n) is 6.17. The van der Waals surface area contributed by atoms with Crippen LogP contribution >= 0.6 is 0 Å². The van der Waals surface area contributed by atoms with Gasteiger partial charge in [-0.3, -0.25) is 9.59 Å². The summed E-state index contributed by atoms with van der Waals surface area (Å²) in [7, 11) is -1.50. The van der Waals surface area contributed by atoms with Crippen LogP contribution in [0.5, 0.6) is 5.75 Å². The fourth-order valence-electron chi connectivity index (χ4n) is 3.16. The maximum absolute atomic E-state index is 12.7. The van der Waals surface area contributed by atoms with Crippen LogP contribution in [0, 0.1) is 5.92 Å². The molecule has 1 fully saturated rings. The number of para-hydroxylation sites is 2. The molecule has 3 rings (SSSR count). The summed E-state index contributed by atoms with van der Waals surface area (Å²) < 4.78 is 28.8. The molecule has 0 spiro atoms. The van der Waals surface area contributed by atoms with E-state index in [9.17, 15) is 18.0 Å². The molecular formula is C16H20N2O5S. The van der Waals surface area contributed by atoms with Crippen LogP contribution in [-0.4, -0.2) is 51.4 Å². The van der Waals surface area contributed by atoms with Crippen LogP contribution in [0.25, 0.3) is 0 Å². The Labute approximate surface area is 140 Å². The third kappa shape index (κ3) is 3.38. The number of nitrogens with one attached hydrogen (secondary N) is 1. The normalized spacial score (nSPS) is 24.8. The molecule has 2 heterocycles. The molecule has 2 amide bonds. The number of benzene rings is 1. The number of likely N-dealkylation sites (N-methyl/N-ethyl adjacent to an activating group) is 1. The van der Waals surface area contributed by atoms with Crippen molar-refractivity contribution < 1.29 is 22.7 Å². The Balaban J connectivity index is 1.80. The minimum atomic E-state index is -3.02. The summed E-state index contributed by atoms with van der Waals surface area (Å²) in [5, 5.41) is 2.53. The summed E-state index contributed by atoms with van der Waals surface area (Å²) in [6.07, 6.45) is -0.103. The van der Waals surface area contributed by atoms with E-state index in [1.165, 1.54) is 11.9 Å². The quantitative estimate of drug-likeness (QED) is 0.847. The molecule has 1 aromatic rings. The average Bonchev–Trinajstić information content (AvgIpc) is 2.91. The molecule has 2 aliphatic heterocycles. The van der Waals surface area contributed by atoms with Crippen LogP contribution in [0.2, 0.25) is 0 Å². The van der Waals surface area contributed by atoms with Gasteiger partial charge in [-0.05, 0) is 24.5 Å². The number of ether oxygens (including phenoxy) is 1. The minimum absolute atomic E-state index is 0.0591. The van der Waals surface area contributed by atoms with Gasteiger partial charge in [-0.1, -0.05) is 12.1 Å². The predicted molar refractivity (Wildman–Crippen MR) is 88.7 cm³/mol. The maximum Gasteiger partial charge on any atom is 0.262 e. The number of amides is 2. The topological polar surface area (TPSA) is 92.8 Å². The van der Waals surface area contributed by atoms with Crippen molar-refractivity contribution >= 4 is 27.3 Å². The van der Waals surface area contributed by atoms with Crippen LogP contribution in [0.1, 0.15) is 12.8 Å². The van der Waals surface area contributed by atoms with Gasteiger partial charge in [-0.15, -0.1) is 0 Å². The van der Waals surface area contributed by atoms with E-state index < -0.39 is 15.9 Å². The number of fused-ring (bicyclic) bond motifs is 1. The van der Waals surface area contributed by atoms with Crippen molar-refractivity contribution in [1.29, 1.82) is 0 Å². The third-order valence-corrected chi connectivity index (χ3v) is 6.24. The van der Waals surface area contributed by atoms with Crippen molar-refractivity contribution in [3.63, 3.8) is 0 Å². The van der Waals surface area contributed by atoms with Crippen LogP contribution in [0.4, 0.5) is 5.69 Å². The van der Waals surface area contributed by atoms with E-state index in [0.29, 0.717) is 17.9 Å². The molecule has 0 aromatic heterocycles. The van der Waals surface area contributed by atoms with Gasteiger partial charge in [0.05, 0.1) is 23.7 Å². The van der Waals surface area contributed by atoms with Crippen LogP contribution in [-0.2, 0) is 19.4 Å². The minimum Gasteiger partial charge on any atom is -0.477 e. The monoisotopic (exact) mass is 352 g/mol. The Morgan fingerprint density at radius 2 is 2.08 bits per heavy atom. The first-order valence-electron chi connectivity index (χ1n) is 7.87. The van der Waals surface area contributed by atoms with Gasteiger partial charge in [0.2, 0.25) is 5.91 Å². The second-order valence-corrected chi connectivity index (χ2v) is 8.39. The Hall–Kier alpha value is -2.09. The molecular weight excluding hydrogens is 332 g/mol. The highest BCUT2D eigenvalue weighted by atomic mass is 32.2. The number of hydrogen-bond donors (Lipinski definition) is 1. The molecule has 7 nitrogen and oxygen atoms in total. The number of anilines is 1. The largest absolute Gasteiger partial charge is 0.477 e. The SMILES string of the molecule is CNC(=O)[C@H]1CN(C(=O)C[C@H]2CCS(=O)(=O)C2)c2ccccc2O1. The molecule has 0 radical (unpaired) electrons. The summed E-state index contributed by atoms with van der Waals surface area (Å²) in [6.45, 7) is 0.120. The van der Waals surface area contributed by atoms with Gasteiger partial charge in [0.1, 0.15) is 5.75 Å². The van der Waals surface area contributed by atoms with Gasteiger partial charge in [0.15, 0.2) is 15.9 Å². The molecule has 24 heavy (non-hydrogen) atoms. The van der Waals surface area contributed by atoms with Gasteiger partial charge >= 0.3 is 0 Å². The van der Waals surface area contributed by atoms with E-state index in [4.69, 9.17) is 4.74 Å². The molecule has 8 heteroatoms. The zero-order valence-corrected chi connectivity index (χ0v) is 14.2. The van der Waals surface area contributed by atoms with Crippen molar-refractivity contribution in [3.8, 4) is 5.75 Å². The molecule has 2 aliphatic rings. The van der Waals surface area contributed by atoms with Gasteiger partial charge in [0, 0.05) is 13.5 Å². The summed E-state index contributed by atoms with van der Waals surface area (Å²) in [4.78, 5) is 26.2. The van der Waals surface area contributed by atoms with Crippen LogP contribution in [0.3, 0.4) is 0 Å². The van der Waals surface area contributed by atoms with E-state index >= 15 is 0 Å². The number of rotatable bonds is 3. The molecule has 0 saturated carbocycles. The lowest BCUT2D eigenvalue weighted by Crippen LogP contribution is -2.50. The zero-order chi connectivity index (χ0) is 17.3. The van der Waals surface area contributed by atoms with E-state index in [-0.39, 0.29) is 42.2 Å². The molecule has 1 saturated heterocycles. The average molecular weight is 352 g/mol. The first kappa shape index (κ1) is 16.8. The van der Waals surface area contributed by atoms with Crippen LogP contribution in [0.15, 0.2) is 24.3 Å². The number of hydrogen-bond acceptors (Lipinski definition) is 5. The number of sulfone groups is 1. The highest BCUT2D eigenvalue weighted by Crippen LogP contribution is 2.34. The highest BCUT2D eigenvalue weighted by molar-refractivity contribution is 7.91. The van der Waals surface area contributed by atoms with Gasteiger partial charge in [0.25, 0.3) is 5.91 Å². The first-order chi connectivity index (χ1) is 11.4. The Morgan fingerprint density at radius 3 is 2.75 bits per heavy atom. The lowest BCUT2D eigenvalue weighted by Gasteiger charge is -2.34.